The van der Waals surface area contributed by atoms with E-state index in [1.165, 1.54) is 0 Å². The van der Waals surface area contributed by atoms with Crippen molar-refractivity contribution in [1.82, 2.24) is 4.90 Å². The van der Waals surface area contributed by atoms with Gasteiger partial charge in [-0.15, -0.1) is 0 Å². The highest BCUT2D eigenvalue weighted by atomic mass is 16.2. The van der Waals surface area contributed by atoms with Gasteiger partial charge in [-0.05, 0) is 43.0 Å². The molecule has 2 aromatic carbocycles. The van der Waals surface area contributed by atoms with Crippen LogP contribution in [0.3, 0.4) is 0 Å². The van der Waals surface area contributed by atoms with Gasteiger partial charge in [0.2, 0.25) is 5.91 Å². The molecule has 0 bridgehead atoms. The Morgan fingerprint density at radius 2 is 1.62 bits per heavy atom. The number of amides is 2. The van der Waals surface area contributed by atoms with E-state index in [1.807, 2.05) is 47.4 Å². The van der Waals surface area contributed by atoms with Crippen LogP contribution in [0, 0.1) is 0 Å². The van der Waals surface area contributed by atoms with Gasteiger partial charge in [0, 0.05) is 30.8 Å². The SMILES string of the molecule is CCCN(CCC)C(=O)c1cccc(NC(=O)CCc2ccccc2)c1. The van der Waals surface area contributed by atoms with E-state index in [0.717, 1.165) is 31.5 Å². The molecule has 0 aromatic heterocycles. The molecule has 26 heavy (non-hydrogen) atoms. The lowest BCUT2D eigenvalue weighted by atomic mass is 10.1. The summed E-state index contributed by atoms with van der Waals surface area (Å²) in [5.41, 5.74) is 2.43. The van der Waals surface area contributed by atoms with Gasteiger partial charge < -0.3 is 10.2 Å². The van der Waals surface area contributed by atoms with Gasteiger partial charge in [-0.2, -0.15) is 0 Å². The third-order valence-electron chi connectivity index (χ3n) is 4.15. The fourth-order valence-electron chi connectivity index (χ4n) is 2.89. The zero-order chi connectivity index (χ0) is 18.8. The van der Waals surface area contributed by atoms with Crippen molar-refractivity contribution in [2.75, 3.05) is 18.4 Å². The number of nitrogens with one attached hydrogen (secondary N) is 1. The Bertz CT molecular complexity index is 707. The van der Waals surface area contributed by atoms with Crippen LogP contribution in [0.25, 0.3) is 0 Å². The maximum atomic E-state index is 12.7. The molecule has 0 saturated carbocycles. The summed E-state index contributed by atoms with van der Waals surface area (Å²) in [4.78, 5) is 26.8. The van der Waals surface area contributed by atoms with Gasteiger partial charge in [-0.3, -0.25) is 9.59 Å². The first kappa shape index (κ1) is 19.7. The number of hydrogen-bond donors (Lipinski definition) is 1. The average Bonchev–Trinajstić information content (AvgIpc) is 2.67. The summed E-state index contributed by atoms with van der Waals surface area (Å²) >= 11 is 0. The second kappa shape index (κ2) is 10.4. The molecule has 0 saturated heterocycles. The number of aryl methyl sites for hydroxylation is 1. The van der Waals surface area contributed by atoms with Crippen LogP contribution in [0.2, 0.25) is 0 Å². The molecule has 0 atom stereocenters. The van der Waals surface area contributed by atoms with Crippen LogP contribution < -0.4 is 5.32 Å². The molecule has 0 aliphatic carbocycles. The first-order valence-electron chi connectivity index (χ1n) is 9.37. The topological polar surface area (TPSA) is 49.4 Å². The van der Waals surface area contributed by atoms with E-state index in [0.29, 0.717) is 24.1 Å². The van der Waals surface area contributed by atoms with E-state index in [2.05, 4.69) is 19.2 Å². The van der Waals surface area contributed by atoms with E-state index >= 15 is 0 Å². The Morgan fingerprint density at radius 1 is 0.923 bits per heavy atom. The second-order valence-corrected chi connectivity index (χ2v) is 6.41. The Balaban J connectivity index is 1.97. The summed E-state index contributed by atoms with van der Waals surface area (Å²) in [7, 11) is 0. The average molecular weight is 352 g/mol. The van der Waals surface area contributed by atoms with Gasteiger partial charge >= 0.3 is 0 Å². The predicted octanol–water partition coefficient (Wildman–Crippen LogP) is 4.52. The lowest BCUT2D eigenvalue weighted by molar-refractivity contribution is -0.116. The molecular formula is C22H28N2O2. The van der Waals surface area contributed by atoms with Crippen LogP contribution in [0.15, 0.2) is 54.6 Å². The molecule has 0 aliphatic heterocycles. The highest BCUT2D eigenvalue weighted by Gasteiger charge is 2.15. The summed E-state index contributed by atoms with van der Waals surface area (Å²) in [5, 5.41) is 2.90. The maximum absolute atomic E-state index is 12.7. The van der Waals surface area contributed by atoms with Crippen molar-refractivity contribution in [3.8, 4) is 0 Å². The van der Waals surface area contributed by atoms with E-state index < -0.39 is 0 Å². The summed E-state index contributed by atoms with van der Waals surface area (Å²) in [6.07, 6.45) is 2.98. The van der Waals surface area contributed by atoms with Crippen LogP contribution in [0.1, 0.15) is 49.0 Å². The first-order chi connectivity index (χ1) is 12.6. The summed E-state index contributed by atoms with van der Waals surface area (Å²) in [5.74, 6) is -0.0218. The summed E-state index contributed by atoms with van der Waals surface area (Å²) < 4.78 is 0. The van der Waals surface area contributed by atoms with Gasteiger partial charge in [-0.1, -0.05) is 50.2 Å². The fourth-order valence-corrected chi connectivity index (χ4v) is 2.89. The highest BCUT2D eigenvalue weighted by molar-refractivity contribution is 5.97. The monoisotopic (exact) mass is 352 g/mol. The van der Waals surface area contributed by atoms with Crippen LogP contribution in [-0.4, -0.2) is 29.8 Å². The summed E-state index contributed by atoms with van der Waals surface area (Å²) in [6, 6.07) is 17.2. The van der Waals surface area contributed by atoms with Gasteiger partial charge in [-0.25, -0.2) is 0 Å². The second-order valence-electron chi connectivity index (χ2n) is 6.41. The molecule has 2 rings (SSSR count). The molecule has 0 unspecified atom stereocenters. The smallest absolute Gasteiger partial charge is 0.253 e. The molecule has 2 amide bonds. The van der Waals surface area contributed by atoms with Crippen molar-refractivity contribution < 1.29 is 9.59 Å². The third-order valence-corrected chi connectivity index (χ3v) is 4.15. The number of carbonyl (C=O) groups excluding carboxylic acids is 2. The number of carbonyl (C=O) groups is 2. The first-order valence-corrected chi connectivity index (χ1v) is 9.37. The van der Waals surface area contributed by atoms with Crippen molar-refractivity contribution in [2.45, 2.75) is 39.5 Å². The van der Waals surface area contributed by atoms with E-state index in [9.17, 15) is 9.59 Å². The molecule has 138 valence electrons. The van der Waals surface area contributed by atoms with E-state index in [4.69, 9.17) is 0 Å². The zero-order valence-corrected chi connectivity index (χ0v) is 15.7. The van der Waals surface area contributed by atoms with Crippen molar-refractivity contribution >= 4 is 17.5 Å². The molecule has 0 spiro atoms. The largest absolute Gasteiger partial charge is 0.339 e. The third kappa shape index (κ3) is 6.03. The Morgan fingerprint density at radius 3 is 2.27 bits per heavy atom. The lowest BCUT2D eigenvalue weighted by Gasteiger charge is -2.21. The highest BCUT2D eigenvalue weighted by Crippen LogP contribution is 2.14. The number of anilines is 1. The molecule has 0 radical (unpaired) electrons. The molecule has 0 heterocycles. The molecule has 0 fully saturated rings. The predicted molar refractivity (Wildman–Crippen MR) is 106 cm³/mol. The Labute approximate surface area is 156 Å². The molecular weight excluding hydrogens is 324 g/mol. The Kier molecular flexibility index (Phi) is 7.87. The maximum Gasteiger partial charge on any atom is 0.253 e. The van der Waals surface area contributed by atoms with Crippen molar-refractivity contribution in [2.24, 2.45) is 0 Å². The van der Waals surface area contributed by atoms with E-state index in [1.54, 1.807) is 12.1 Å². The lowest BCUT2D eigenvalue weighted by Crippen LogP contribution is -2.32. The summed E-state index contributed by atoms with van der Waals surface area (Å²) in [6.45, 7) is 5.64. The molecule has 4 nitrogen and oxygen atoms in total. The van der Waals surface area contributed by atoms with Crippen molar-refractivity contribution in [3.63, 3.8) is 0 Å². The van der Waals surface area contributed by atoms with Gasteiger partial charge in [0.25, 0.3) is 5.91 Å². The Hall–Kier alpha value is -2.62. The van der Waals surface area contributed by atoms with Crippen LogP contribution in [0.5, 0.6) is 0 Å². The minimum atomic E-state index is -0.0441. The molecule has 4 heteroatoms. The number of rotatable bonds is 9. The normalized spacial score (nSPS) is 10.4. The van der Waals surface area contributed by atoms with Crippen LogP contribution in [0.4, 0.5) is 5.69 Å². The minimum absolute atomic E-state index is 0.0223. The standard InChI is InChI=1S/C22H28N2O2/c1-3-15-24(16-4-2)22(26)19-11-8-12-20(17-19)23-21(25)14-13-18-9-6-5-7-10-18/h5-12,17H,3-4,13-16H2,1-2H3,(H,23,25). The zero-order valence-electron chi connectivity index (χ0n) is 15.7. The number of nitrogens with zero attached hydrogens (tertiary/aromatic N) is 1. The quantitative estimate of drug-likeness (QED) is 0.721. The van der Waals surface area contributed by atoms with Gasteiger partial charge in [0.05, 0.1) is 0 Å². The molecule has 2 aromatic rings. The number of benzene rings is 2. The fraction of sp³-hybridized carbons (Fsp3) is 0.364. The minimum Gasteiger partial charge on any atom is -0.339 e. The van der Waals surface area contributed by atoms with Gasteiger partial charge in [0.15, 0.2) is 0 Å². The molecule has 0 aliphatic rings. The van der Waals surface area contributed by atoms with Crippen molar-refractivity contribution in [3.05, 3.63) is 65.7 Å². The number of hydrogen-bond acceptors (Lipinski definition) is 2. The molecule has 1 N–H and O–H groups in total. The van der Waals surface area contributed by atoms with Gasteiger partial charge in [0.1, 0.15) is 0 Å². The van der Waals surface area contributed by atoms with Crippen molar-refractivity contribution in [1.29, 1.82) is 0 Å². The van der Waals surface area contributed by atoms with Crippen LogP contribution >= 0.6 is 0 Å². The van der Waals surface area contributed by atoms with Crippen LogP contribution in [-0.2, 0) is 11.2 Å². The van der Waals surface area contributed by atoms with E-state index in [-0.39, 0.29) is 11.8 Å².